The number of phenols is 2. The second-order valence-electron chi connectivity index (χ2n) is 18.2. The van der Waals surface area contributed by atoms with Crippen LogP contribution >= 0.6 is 0 Å². The smallest absolute Gasteiger partial charge is 0.331 e. The van der Waals surface area contributed by atoms with Gasteiger partial charge in [0.1, 0.15) is 24.6 Å². The van der Waals surface area contributed by atoms with E-state index in [1.165, 1.54) is 12.1 Å². The van der Waals surface area contributed by atoms with Crippen LogP contribution in [0.3, 0.4) is 0 Å². The Hall–Kier alpha value is -3.86. The van der Waals surface area contributed by atoms with Gasteiger partial charge in [-0.2, -0.15) is 0 Å². The molecule has 0 amide bonds. The van der Waals surface area contributed by atoms with E-state index in [1.807, 2.05) is 0 Å². The zero-order chi connectivity index (χ0) is 43.3. The fourth-order valence-electron chi connectivity index (χ4n) is 11.0. The highest BCUT2D eigenvalue weighted by atomic mass is 32.2. The summed E-state index contributed by atoms with van der Waals surface area (Å²) in [7, 11) is -3.08. The summed E-state index contributed by atoms with van der Waals surface area (Å²) in [6.07, 6.45) is 19.1. The fraction of sp³-hybridized carbons (Fsp3) is 0.636. The van der Waals surface area contributed by atoms with Crippen molar-refractivity contribution in [2.24, 2.45) is 0 Å². The van der Waals surface area contributed by atoms with Gasteiger partial charge in [0.05, 0.1) is 62.1 Å². The van der Waals surface area contributed by atoms with Crippen LogP contribution in [0.4, 0.5) is 11.4 Å². The quantitative estimate of drug-likeness (QED) is 0.0530. The maximum absolute atomic E-state index is 13.8. The Balaban J connectivity index is 1.29. The van der Waals surface area contributed by atoms with E-state index in [-0.39, 0.29) is 34.0 Å². The molecule has 0 aliphatic heterocycles. The number of ether oxygens (including phenoxy) is 2. The lowest BCUT2D eigenvalue weighted by molar-refractivity contribution is -0.958. The summed E-state index contributed by atoms with van der Waals surface area (Å²) in [6, 6.07) is 10.7. The molecule has 0 spiro atoms. The van der Waals surface area contributed by atoms with Crippen molar-refractivity contribution >= 4 is 43.4 Å². The molecule has 2 aromatic carbocycles. The molecule has 4 aliphatic carbocycles. The number of likely N-dealkylation sites (N-methyl/N-ethyl adjacent to an activating group) is 2. The standard InChI is InChI=1S/C44H64N4O10S2/c1-47(31-15-5-6-16-31,32-17-7-8-18-32)29-39(35-23-13-25-37(43(35)51)45-59(3,53)54)57-41(49)27-28-42(50)58-40(36-24-14-26-38(44(36)52)46-60(4,55)56)30-48(2,33-19-9-10-20-33)34-21-11-12-22-34/h13-14,23-28,31-34,39-40H,5-12,15-22,29-30H2,1-4H3,(H2-2,45,46,49,50,51,52)/p+2. The van der Waals surface area contributed by atoms with Crippen molar-refractivity contribution in [1.82, 2.24) is 0 Å². The SMILES string of the molecule is C[N+](CC(OC(=O)/C=C\C(=O)OC(C[N+](C)(C1CCCC1)C1CCCC1)c1cccc(NS(C)(=O)=O)c1O)c1cccc(NS(C)(=O)=O)c1O)(C1CCCC1)C1CCCC1. The van der Waals surface area contributed by atoms with Crippen molar-refractivity contribution in [2.75, 3.05) is 49.1 Å². The molecule has 60 heavy (non-hydrogen) atoms. The largest absolute Gasteiger partial charge is 0.505 e. The lowest BCUT2D eigenvalue weighted by Crippen LogP contribution is -2.59. The molecule has 4 saturated carbocycles. The Bertz CT molecular complexity index is 1910. The summed E-state index contributed by atoms with van der Waals surface area (Å²) in [4.78, 5) is 27.6. The van der Waals surface area contributed by atoms with Crippen LogP contribution in [-0.4, -0.2) is 112 Å². The number of rotatable bonds is 18. The van der Waals surface area contributed by atoms with Crippen LogP contribution in [0, 0.1) is 0 Å². The van der Waals surface area contributed by atoms with Crippen molar-refractivity contribution in [3.63, 3.8) is 0 Å². The van der Waals surface area contributed by atoms with Crippen LogP contribution in [0.5, 0.6) is 11.5 Å². The van der Waals surface area contributed by atoms with Crippen LogP contribution in [0.25, 0.3) is 0 Å². The van der Waals surface area contributed by atoms with Gasteiger partial charge < -0.3 is 28.7 Å². The third-order valence-corrected chi connectivity index (χ3v) is 15.2. The number of nitrogens with zero attached hydrogens (tertiary/aromatic N) is 2. The van der Waals surface area contributed by atoms with Gasteiger partial charge in [-0.1, -0.05) is 24.3 Å². The van der Waals surface area contributed by atoms with Gasteiger partial charge in [0.25, 0.3) is 0 Å². The molecule has 4 N–H and O–H groups in total. The molecular weight excluding hydrogens is 809 g/mol. The van der Waals surface area contributed by atoms with Gasteiger partial charge in [0, 0.05) is 23.3 Å². The molecule has 332 valence electrons. The normalized spacial score (nSPS) is 20.1. The number of sulfonamides is 2. The second kappa shape index (κ2) is 19.0. The highest BCUT2D eigenvalue weighted by Crippen LogP contribution is 2.44. The number of carbonyl (C=O) groups excluding carboxylic acids is 2. The number of nitrogens with one attached hydrogen (secondary N) is 2. The first-order chi connectivity index (χ1) is 28.4. The van der Waals surface area contributed by atoms with Gasteiger partial charge in [0.2, 0.25) is 20.0 Å². The van der Waals surface area contributed by atoms with Gasteiger partial charge in [-0.05, 0) is 115 Å². The van der Waals surface area contributed by atoms with Gasteiger partial charge in [0.15, 0.2) is 12.2 Å². The molecular formula is C44H66N4O10S2+2. The van der Waals surface area contributed by atoms with Crippen LogP contribution < -0.4 is 9.44 Å². The number of para-hydroxylation sites is 2. The van der Waals surface area contributed by atoms with Crippen molar-refractivity contribution in [3.05, 3.63) is 59.7 Å². The molecule has 0 aromatic heterocycles. The fourth-order valence-corrected chi connectivity index (χ4v) is 12.1. The zero-order valence-electron chi connectivity index (χ0n) is 35.7. The van der Waals surface area contributed by atoms with Gasteiger partial charge >= 0.3 is 11.9 Å². The van der Waals surface area contributed by atoms with Crippen LogP contribution in [-0.2, 0) is 39.1 Å². The zero-order valence-corrected chi connectivity index (χ0v) is 37.3. The predicted octanol–water partition coefficient (Wildman–Crippen LogP) is 6.93. The minimum Gasteiger partial charge on any atom is -0.505 e. The van der Waals surface area contributed by atoms with E-state index in [4.69, 9.17) is 9.47 Å². The first-order valence-corrected chi connectivity index (χ1v) is 25.5. The van der Waals surface area contributed by atoms with E-state index >= 15 is 0 Å². The summed E-state index contributed by atoms with van der Waals surface area (Å²) in [6.45, 7) is 0.681. The number of phenolic OH excluding ortho intramolecular Hbond substituents is 2. The number of quaternary nitrogens is 2. The van der Waals surface area contributed by atoms with Crippen molar-refractivity contribution in [3.8, 4) is 11.5 Å². The maximum Gasteiger partial charge on any atom is 0.331 e. The Morgan fingerprint density at radius 3 is 1.15 bits per heavy atom. The number of aromatic hydroxyl groups is 2. The predicted molar refractivity (Wildman–Crippen MR) is 231 cm³/mol. The van der Waals surface area contributed by atoms with E-state index < -0.39 is 44.2 Å². The Labute approximate surface area is 356 Å². The molecule has 0 heterocycles. The Morgan fingerprint density at radius 1 is 0.600 bits per heavy atom. The van der Waals surface area contributed by atoms with Crippen molar-refractivity contribution in [2.45, 2.75) is 139 Å². The molecule has 16 heteroatoms. The van der Waals surface area contributed by atoms with E-state index in [0.717, 1.165) is 127 Å². The van der Waals surface area contributed by atoms with Crippen LogP contribution in [0.2, 0.25) is 0 Å². The molecule has 4 aliphatic rings. The molecule has 0 radical (unpaired) electrons. The molecule has 2 atom stereocenters. The monoisotopic (exact) mass is 874 g/mol. The molecule has 14 nitrogen and oxygen atoms in total. The summed E-state index contributed by atoms with van der Waals surface area (Å²) in [5.74, 6) is -2.37. The van der Waals surface area contributed by atoms with Crippen molar-refractivity contribution < 1.29 is 55.1 Å². The number of hydrogen-bond donors (Lipinski definition) is 4. The highest BCUT2D eigenvalue weighted by molar-refractivity contribution is 7.92. The molecule has 0 bridgehead atoms. The molecule has 2 aromatic rings. The van der Waals surface area contributed by atoms with Crippen LogP contribution in [0.15, 0.2) is 48.6 Å². The lowest BCUT2D eigenvalue weighted by Gasteiger charge is -2.46. The van der Waals surface area contributed by atoms with Gasteiger partial charge in [-0.15, -0.1) is 0 Å². The summed E-state index contributed by atoms with van der Waals surface area (Å²) in [5.41, 5.74) is 0.443. The summed E-state index contributed by atoms with van der Waals surface area (Å²) < 4.78 is 67.1. The lowest BCUT2D eigenvalue weighted by atomic mass is 9.99. The van der Waals surface area contributed by atoms with E-state index in [0.29, 0.717) is 46.2 Å². The minimum absolute atomic E-state index is 0.0307. The number of esters is 2. The average molecular weight is 875 g/mol. The third-order valence-electron chi connectivity index (χ3n) is 14.0. The summed E-state index contributed by atoms with van der Waals surface area (Å²) in [5, 5.41) is 22.9. The molecule has 6 rings (SSSR count). The first kappa shape index (κ1) is 45.7. The van der Waals surface area contributed by atoms with E-state index in [9.17, 15) is 36.6 Å². The molecule has 0 saturated heterocycles. The Morgan fingerprint density at radius 2 is 0.883 bits per heavy atom. The second-order valence-corrected chi connectivity index (χ2v) is 21.7. The number of hydrogen-bond acceptors (Lipinski definition) is 10. The van der Waals surface area contributed by atoms with Gasteiger partial charge in [-0.3, -0.25) is 9.44 Å². The number of anilines is 2. The molecule has 2 unspecified atom stereocenters. The molecule has 4 fully saturated rings. The van der Waals surface area contributed by atoms with E-state index in [1.54, 1.807) is 24.3 Å². The topological polar surface area (TPSA) is 185 Å². The number of benzene rings is 2. The average Bonchev–Trinajstić information content (AvgIpc) is 4.02. The summed E-state index contributed by atoms with van der Waals surface area (Å²) >= 11 is 0. The maximum atomic E-state index is 13.8. The number of carbonyl (C=O) groups is 2. The highest BCUT2D eigenvalue weighted by Gasteiger charge is 2.47. The Kier molecular flexibility index (Phi) is 14.5. The third kappa shape index (κ3) is 11.1. The van der Waals surface area contributed by atoms with E-state index in [2.05, 4.69) is 23.5 Å². The minimum atomic E-state index is -3.74. The first-order valence-electron chi connectivity index (χ1n) is 21.7. The van der Waals surface area contributed by atoms with Crippen molar-refractivity contribution in [1.29, 1.82) is 0 Å². The van der Waals surface area contributed by atoms with Gasteiger partial charge in [-0.25, -0.2) is 26.4 Å². The van der Waals surface area contributed by atoms with Crippen LogP contribution in [0.1, 0.15) is 126 Å².